The number of carbonyl (C=O) groups is 6. The van der Waals surface area contributed by atoms with Crippen molar-refractivity contribution in [2.75, 3.05) is 11.9 Å². The monoisotopic (exact) mass is 794 g/mol. The molecule has 306 valence electrons. The number of amides is 5. The van der Waals surface area contributed by atoms with Gasteiger partial charge in [0, 0.05) is 37.1 Å². The van der Waals surface area contributed by atoms with E-state index in [2.05, 4.69) is 36.6 Å². The second-order valence-corrected chi connectivity index (χ2v) is 14.4. The van der Waals surface area contributed by atoms with Gasteiger partial charge < -0.3 is 41.8 Å². The van der Waals surface area contributed by atoms with Crippen LogP contribution in [-0.2, 0) is 35.2 Å². The van der Waals surface area contributed by atoms with Crippen molar-refractivity contribution in [3.8, 4) is 0 Å². The molecule has 1 aliphatic carbocycles. The maximum absolute atomic E-state index is 13.9. The van der Waals surface area contributed by atoms with Crippen LogP contribution >= 0.6 is 0 Å². The summed E-state index contributed by atoms with van der Waals surface area (Å²) in [5, 5.41) is 23.5. The molecule has 1 aliphatic rings. The van der Waals surface area contributed by atoms with E-state index in [-0.39, 0.29) is 38.0 Å². The van der Waals surface area contributed by atoms with Gasteiger partial charge in [-0.25, -0.2) is 0 Å². The first-order chi connectivity index (χ1) is 28.0. The molecule has 0 saturated heterocycles. The van der Waals surface area contributed by atoms with Gasteiger partial charge in [-0.3, -0.25) is 33.8 Å². The zero-order valence-corrected chi connectivity index (χ0v) is 32.2. The number of pyridine rings is 1. The standard InChI is InChI=1S/C42H50N8O8/c43-40(57)42(22-5-1-6-23-42)50-39(56)33(13-8-15-37(53)54)48-38(55)32(12-4-7-25-45-35(51)21-18-29-10-9-24-44-27-29)47-36(52)26-28-16-19-30(20-17-28)46-41-49-31-11-2-3-14-34(31)58-41/h2-3,9-11,14,16-21,24,27,32-33H,1,4-8,12-13,15,22-23,25-26H2,(H2,43,57)(H,45,51)(H,46,49)(H,47,52)(H,48,55)(H,50,56)(H,53,54)/b21-18+/t32-,33-/m0/s1. The molecule has 2 atom stereocenters. The average Bonchev–Trinajstić information content (AvgIpc) is 3.62. The van der Waals surface area contributed by atoms with E-state index in [1.165, 1.54) is 6.08 Å². The number of nitrogens with one attached hydrogen (secondary N) is 5. The molecule has 5 rings (SSSR count). The summed E-state index contributed by atoms with van der Waals surface area (Å²) in [6, 6.07) is 16.1. The number of hydrogen-bond acceptors (Lipinski definition) is 10. The smallest absolute Gasteiger partial charge is 0.303 e. The summed E-state index contributed by atoms with van der Waals surface area (Å²) in [5.74, 6) is -3.79. The first kappa shape index (κ1) is 42.6. The lowest BCUT2D eigenvalue weighted by molar-refractivity contribution is -0.138. The number of carbonyl (C=O) groups excluding carboxylic acids is 5. The fraction of sp³-hybridized carbons (Fsp3) is 0.381. The zero-order chi connectivity index (χ0) is 41.3. The van der Waals surface area contributed by atoms with Gasteiger partial charge in [0.2, 0.25) is 29.5 Å². The second kappa shape index (κ2) is 21.1. The van der Waals surface area contributed by atoms with Crippen LogP contribution in [0.15, 0.2) is 83.6 Å². The van der Waals surface area contributed by atoms with E-state index in [9.17, 15) is 33.9 Å². The van der Waals surface area contributed by atoms with Gasteiger partial charge in [-0.2, -0.15) is 4.98 Å². The molecule has 16 nitrogen and oxygen atoms in total. The lowest BCUT2D eigenvalue weighted by Gasteiger charge is -2.36. The first-order valence-corrected chi connectivity index (χ1v) is 19.5. The quantitative estimate of drug-likeness (QED) is 0.0469. The van der Waals surface area contributed by atoms with E-state index < -0.39 is 47.2 Å². The van der Waals surface area contributed by atoms with E-state index >= 15 is 0 Å². The Morgan fingerprint density at radius 3 is 2.31 bits per heavy atom. The van der Waals surface area contributed by atoms with E-state index in [0.717, 1.165) is 12.0 Å². The fourth-order valence-corrected chi connectivity index (χ4v) is 6.75. The van der Waals surface area contributed by atoms with Crippen LogP contribution in [-0.4, -0.2) is 74.7 Å². The van der Waals surface area contributed by atoms with Crippen LogP contribution in [0.2, 0.25) is 0 Å². The highest BCUT2D eigenvalue weighted by atomic mass is 16.4. The number of aromatic nitrogens is 2. The highest BCUT2D eigenvalue weighted by Crippen LogP contribution is 2.28. The summed E-state index contributed by atoms with van der Waals surface area (Å²) in [7, 11) is 0. The van der Waals surface area contributed by atoms with E-state index in [0.29, 0.717) is 73.4 Å². The van der Waals surface area contributed by atoms with Crippen LogP contribution in [0.5, 0.6) is 0 Å². The molecule has 0 radical (unpaired) electrons. The molecule has 0 aliphatic heterocycles. The van der Waals surface area contributed by atoms with Crippen LogP contribution in [0.1, 0.15) is 81.8 Å². The Morgan fingerprint density at radius 2 is 1.60 bits per heavy atom. The SMILES string of the molecule is NC(=O)C1(NC(=O)[C@H](CCCC(=O)O)NC(=O)[C@H](CCCCNC(=O)/C=C/c2cccnc2)NC(=O)Cc2ccc(Nc3nc4ccccc4o3)cc2)CCCCC1. The van der Waals surface area contributed by atoms with Crippen LogP contribution < -0.4 is 32.3 Å². The van der Waals surface area contributed by atoms with Gasteiger partial charge in [-0.15, -0.1) is 0 Å². The highest BCUT2D eigenvalue weighted by molar-refractivity contribution is 5.96. The van der Waals surface area contributed by atoms with Gasteiger partial charge in [-0.1, -0.05) is 49.6 Å². The Balaban J connectivity index is 1.23. The first-order valence-electron chi connectivity index (χ1n) is 19.5. The van der Waals surface area contributed by atoms with Crippen LogP contribution in [0.4, 0.5) is 11.7 Å². The molecular formula is C42H50N8O8. The Labute approximate surface area is 335 Å². The molecule has 0 bridgehead atoms. The summed E-state index contributed by atoms with van der Waals surface area (Å²) in [6.07, 6.45) is 10.1. The van der Waals surface area contributed by atoms with Gasteiger partial charge in [0.05, 0.1) is 6.42 Å². The normalized spacial score (nSPS) is 14.6. The van der Waals surface area contributed by atoms with Gasteiger partial charge in [0.25, 0.3) is 6.01 Å². The number of anilines is 2. The van der Waals surface area contributed by atoms with Crippen LogP contribution in [0.25, 0.3) is 17.2 Å². The van der Waals surface area contributed by atoms with Crippen molar-refractivity contribution in [2.45, 2.75) is 94.7 Å². The Kier molecular flexibility index (Phi) is 15.5. The number of nitrogens with two attached hydrogens (primary N) is 1. The van der Waals surface area contributed by atoms with Crippen molar-refractivity contribution < 1.29 is 38.3 Å². The number of fused-ring (bicyclic) bond motifs is 1. The molecule has 1 saturated carbocycles. The third-order valence-corrected chi connectivity index (χ3v) is 9.90. The summed E-state index contributed by atoms with van der Waals surface area (Å²) in [5.41, 5.74) is 7.95. The molecule has 2 aromatic carbocycles. The zero-order valence-electron chi connectivity index (χ0n) is 32.2. The van der Waals surface area contributed by atoms with Gasteiger partial charge in [0.15, 0.2) is 5.58 Å². The number of unbranched alkanes of at least 4 members (excludes halogenated alkanes) is 1. The number of hydrogen-bond donors (Lipinski definition) is 7. The van der Waals surface area contributed by atoms with Crippen molar-refractivity contribution >= 4 is 64.4 Å². The number of para-hydroxylation sites is 2. The molecule has 4 aromatic rings. The predicted octanol–water partition coefficient (Wildman–Crippen LogP) is 4.04. The molecule has 2 heterocycles. The van der Waals surface area contributed by atoms with Crippen molar-refractivity contribution in [3.63, 3.8) is 0 Å². The molecule has 5 amide bonds. The number of carboxylic acid groups (broad SMARTS) is 1. The van der Waals surface area contributed by atoms with E-state index in [1.807, 2.05) is 30.3 Å². The molecule has 0 unspecified atom stereocenters. The van der Waals surface area contributed by atoms with Gasteiger partial charge in [0.1, 0.15) is 23.1 Å². The number of aliphatic carboxylic acids is 1. The minimum Gasteiger partial charge on any atom is -0.481 e. The Bertz CT molecular complexity index is 2030. The molecular weight excluding hydrogens is 745 g/mol. The largest absolute Gasteiger partial charge is 0.481 e. The predicted molar refractivity (Wildman–Crippen MR) is 216 cm³/mol. The molecule has 16 heteroatoms. The van der Waals surface area contributed by atoms with Crippen LogP contribution in [0, 0.1) is 0 Å². The topological polar surface area (TPSA) is 248 Å². The minimum absolute atomic E-state index is 0.0259. The van der Waals surface area contributed by atoms with Crippen LogP contribution in [0.3, 0.4) is 0 Å². The molecule has 58 heavy (non-hydrogen) atoms. The third kappa shape index (κ3) is 13.0. The summed E-state index contributed by atoms with van der Waals surface area (Å²) in [6.45, 7) is 0.303. The van der Waals surface area contributed by atoms with Crippen molar-refractivity contribution in [3.05, 3.63) is 90.3 Å². The molecule has 2 aromatic heterocycles. The number of nitrogens with zero attached hydrogens (tertiary/aromatic N) is 2. The Hall–Kier alpha value is -6.58. The second-order valence-electron chi connectivity index (χ2n) is 14.4. The number of oxazole rings is 1. The summed E-state index contributed by atoms with van der Waals surface area (Å²) in [4.78, 5) is 85.6. The van der Waals surface area contributed by atoms with Crippen molar-refractivity contribution in [1.29, 1.82) is 0 Å². The third-order valence-electron chi connectivity index (χ3n) is 9.90. The minimum atomic E-state index is -1.27. The summed E-state index contributed by atoms with van der Waals surface area (Å²) < 4.78 is 5.73. The number of benzene rings is 2. The number of primary amides is 1. The maximum atomic E-state index is 13.9. The lowest BCUT2D eigenvalue weighted by Crippen LogP contribution is -2.62. The van der Waals surface area contributed by atoms with Crippen molar-refractivity contribution in [1.82, 2.24) is 31.2 Å². The van der Waals surface area contributed by atoms with E-state index in [4.69, 9.17) is 10.2 Å². The molecule has 0 spiro atoms. The Morgan fingerprint density at radius 1 is 0.862 bits per heavy atom. The van der Waals surface area contributed by atoms with Gasteiger partial charge >= 0.3 is 5.97 Å². The average molecular weight is 795 g/mol. The maximum Gasteiger partial charge on any atom is 0.303 e. The van der Waals surface area contributed by atoms with Gasteiger partial charge in [-0.05, 0) is 92.5 Å². The molecule has 1 fully saturated rings. The number of carboxylic acids is 1. The van der Waals surface area contributed by atoms with E-state index in [1.54, 1.807) is 48.8 Å². The number of rotatable bonds is 21. The fourth-order valence-electron chi connectivity index (χ4n) is 6.75. The molecule has 8 N–H and O–H groups in total. The lowest BCUT2D eigenvalue weighted by atomic mass is 9.80. The van der Waals surface area contributed by atoms with Crippen molar-refractivity contribution in [2.24, 2.45) is 5.73 Å². The summed E-state index contributed by atoms with van der Waals surface area (Å²) >= 11 is 0. The highest BCUT2D eigenvalue weighted by Gasteiger charge is 2.41.